The highest BCUT2D eigenvalue weighted by atomic mass is 32.2. The van der Waals surface area contributed by atoms with E-state index in [0.717, 1.165) is 18.6 Å². The number of carbonyl (C=O) groups is 1. The second-order valence-electron chi connectivity index (χ2n) is 6.31. The van der Waals surface area contributed by atoms with E-state index in [-0.39, 0.29) is 11.6 Å². The van der Waals surface area contributed by atoms with Crippen molar-refractivity contribution in [2.75, 3.05) is 17.7 Å². The number of halogens is 3. The summed E-state index contributed by atoms with van der Waals surface area (Å²) < 4.78 is 66.1. The number of sulfone groups is 1. The largest absolute Gasteiger partial charge is 0.417 e. The monoisotopic (exact) mass is 380 g/mol. The van der Waals surface area contributed by atoms with Gasteiger partial charge in [-0.25, -0.2) is 13.4 Å². The summed E-state index contributed by atoms with van der Waals surface area (Å²) >= 11 is 0. The molecule has 140 valence electrons. The molecule has 6 nitrogen and oxygen atoms in total. The molecule has 1 aliphatic rings. The van der Waals surface area contributed by atoms with Crippen LogP contribution < -0.4 is 5.32 Å². The zero-order chi connectivity index (χ0) is 18.9. The highest BCUT2D eigenvalue weighted by Gasteiger charge is 2.43. The van der Waals surface area contributed by atoms with E-state index in [9.17, 15) is 26.4 Å². The molecule has 1 aliphatic heterocycles. The summed E-state index contributed by atoms with van der Waals surface area (Å²) in [5.41, 5.74) is -0.962. The molecule has 0 saturated carbocycles. The highest BCUT2D eigenvalue weighted by molar-refractivity contribution is 7.93. The van der Waals surface area contributed by atoms with Crippen molar-refractivity contribution in [3.8, 4) is 0 Å². The molecule has 1 aromatic rings. The molecule has 0 aliphatic carbocycles. The standard InChI is InChI=1S/C15H19F3N2O4S/c1-14(2,25(22,23)9-11-4-3-7-24-11)13(21)20-12-6-5-10(8-19-12)15(16,17)18/h5-6,8,11H,3-4,7,9H2,1-2H3,(H,19,20,21). The topological polar surface area (TPSA) is 85.4 Å². The van der Waals surface area contributed by atoms with Gasteiger partial charge < -0.3 is 10.1 Å². The summed E-state index contributed by atoms with van der Waals surface area (Å²) in [6, 6.07) is 1.74. The van der Waals surface area contributed by atoms with Gasteiger partial charge >= 0.3 is 6.18 Å². The van der Waals surface area contributed by atoms with Crippen LogP contribution in [0.5, 0.6) is 0 Å². The number of pyridine rings is 1. The molecular weight excluding hydrogens is 361 g/mol. The Labute approximate surface area is 143 Å². The first-order valence-corrected chi connectivity index (χ1v) is 9.27. The van der Waals surface area contributed by atoms with E-state index in [2.05, 4.69) is 10.3 Å². The van der Waals surface area contributed by atoms with Gasteiger partial charge in [-0.2, -0.15) is 13.2 Å². The van der Waals surface area contributed by atoms with Crippen molar-refractivity contribution >= 4 is 21.6 Å². The fourth-order valence-corrected chi connectivity index (χ4v) is 3.77. The minimum atomic E-state index is -4.54. The Morgan fingerprint density at radius 1 is 1.36 bits per heavy atom. The van der Waals surface area contributed by atoms with Gasteiger partial charge in [0.25, 0.3) is 0 Å². The molecule has 1 amide bonds. The molecule has 0 radical (unpaired) electrons. The van der Waals surface area contributed by atoms with Gasteiger partial charge in [-0.3, -0.25) is 4.79 Å². The molecule has 1 atom stereocenters. The zero-order valence-electron chi connectivity index (χ0n) is 13.8. The van der Waals surface area contributed by atoms with Gasteiger partial charge in [-0.05, 0) is 38.8 Å². The molecule has 1 saturated heterocycles. The number of ether oxygens (including phenoxy) is 1. The lowest BCUT2D eigenvalue weighted by molar-refractivity contribution is -0.137. The molecule has 0 bridgehead atoms. The Morgan fingerprint density at radius 3 is 2.52 bits per heavy atom. The fourth-order valence-electron chi connectivity index (χ4n) is 2.27. The smallest absolute Gasteiger partial charge is 0.377 e. The van der Waals surface area contributed by atoms with Crippen molar-refractivity contribution in [1.82, 2.24) is 4.98 Å². The van der Waals surface area contributed by atoms with Crippen LogP contribution in [0.3, 0.4) is 0 Å². The predicted octanol–water partition coefficient (Wildman–Crippen LogP) is 2.41. The Bertz CT molecular complexity index is 724. The zero-order valence-corrected chi connectivity index (χ0v) is 14.6. The van der Waals surface area contributed by atoms with Gasteiger partial charge in [0.05, 0.1) is 17.4 Å². The predicted molar refractivity (Wildman–Crippen MR) is 84.7 cm³/mol. The number of hydrogen-bond donors (Lipinski definition) is 1. The van der Waals surface area contributed by atoms with Crippen molar-refractivity contribution in [3.63, 3.8) is 0 Å². The summed E-state index contributed by atoms with van der Waals surface area (Å²) in [5, 5.41) is 2.25. The minimum absolute atomic E-state index is 0.154. The van der Waals surface area contributed by atoms with E-state index >= 15 is 0 Å². The van der Waals surface area contributed by atoms with E-state index in [0.29, 0.717) is 19.2 Å². The van der Waals surface area contributed by atoms with Crippen molar-refractivity contribution < 1.29 is 31.1 Å². The number of carbonyl (C=O) groups excluding carboxylic acids is 1. The molecule has 1 fully saturated rings. The quantitative estimate of drug-likeness (QED) is 0.848. The lowest BCUT2D eigenvalue weighted by Crippen LogP contribution is -2.47. The number of nitrogens with zero attached hydrogens (tertiary/aromatic N) is 1. The maximum atomic E-state index is 12.5. The summed E-state index contributed by atoms with van der Waals surface area (Å²) in [7, 11) is -3.84. The number of anilines is 1. The van der Waals surface area contributed by atoms with E-state index in [4.69, 9.17) is 4.74 Å². The molecular formula is C15H19F3N2O4S. The van der Waals surface area contributed by atoms with Crippen LogP contribution >= 0.6 is 0 Å². The Kier molecular flexibility index (Phi) is 5.43. The molecule has 2 rings (SSSR count). The maximum absolute atomic E-state index is 12.5. The second kappa shape index (κ2) is 6.91. The van der Waals surface area contributed by atoms with E-state index in [1.807, 2.05) is 0 Å². The van der Waals surface area contributed by atoms with E-state index in [1.54, 1.807) is 0 Å². The molecule has 0 spiro atoms. The summed E-state index contributed by atoms with van der Waals surface area (Å²) in [6.45, 7) is 2.98. The van der Waals surface area contributed by atoms with Gasteiger partial charge in [0.2, 0.25) is 5.91 Å². The third-order valence-corrected chi connectivity index (χ3v) is 6.64. The normalized spacial score (nSPS) is 19.0. The Balaban J connectivity index is 2.09. The van der Waals surface area contributed by atoms with Crippen LogP contribution in [0.15, 0.2) is 18.3 Å². The number of nitrogens with one attached hydrogen (secondary N) is 1. The highest BCUT2D eigenvalue weighted by Crippen LogP contribution is 2.29. The van der Waals surface area contributed by atoms with Crippen molar-refractivity contribution in [2.45, 2.75) is 43.7 Å². The first-order valence-electron chi connectivity index (χ1n) is 7.62. The third-order valence-electron chi connectivity index (χ3n) is 4.09. The van der Waals surface area contributed by atoms with Gasteiger partial charge in [0, 0.05) is 12.8 Å². The molecule has 25 heavy (non-hydrogen) atoms. The number of rotatable bonds is 5. The number of alkyl halides is 3. The second-order valence-corrected chi connectivity index (χ2v) is 8.89. The SMILES string of the molecule is CC(C)(C(=O)Nc1ccc(C(F)(F)F)cn1)S(=O)(=O)CC1CCCO1. The van der Waals surface area contributed by atoms with Gasteiger partial charge in [0.15, 0.2) is 9.84 Å². The van der Waals surface area contributed by atoms with Crippen LogP contribution in [0.1, 0.15) is 32.3 Å². The van der Waals surface area contributed by atoms with Crippen LogP contribution in [0.2, 0.25) is 0 Å². The molecule has 10 heteroatoms. The molecule has 1 unspecified atom stereocenters. The lowest BCUT2D eigenvalue weighted by atomic mass is 10.2. The molecule has 0 aromatic carbocycles. The van der Waals surface area contributed by atoms with Crippen molar-refractivity contribution in [3.05, 3.63) is 23.9 Å². The third kappa shape index (κ3) is 4.49. The van der Waals surface area contributed by atoms with Crippen molar-refractivity contribution in [2.24, 2.45) is 0 Å². The van der Waals surface area contributed by atoms with E-state index < -0.39 is 38.3 Å². The minimum Gasteiger partial charge on any atom is -0.377 e. The van der Waals surface area contributed by atoms with Crippen LogP contribution in [0.25, 0.3) is 0 Å². The van der Waals surface area contributed by atoms with Crippen LogP contribution in [-0.2, 0) is 25.5 Å². The fraction of sp³-hybridized carbons (Fsp3) is 0.600. The lowest BCUT2D eigenvalue weighted by Gasteiger charge is -2.25. The molecule has 2 heterocycles. The number of aromatic nitrogens is 1. The van der Waals surface area contributed by atoms with Gasteiger partial charge in [0.1, 0.15) is 10.6 Å². The van der Waals surface area contributed by atoms with Gasteiger partial charge in [-0.1, -0.05) is 0 Å². The summed E-state index contributed by atoms with van der Waals surface area (Å²) in [5.74, 6) is -1.30. The van der Waals surface area contributed by atoms with Crippen LogP contribution in [0, 0.1) is 0 Å². The summed E-state index contributed by atoms with van der Waals surface area (Å²) in [6.07, 6.45) is -3.04. The Morgan fingerprint density at radius 2 is 2.04 bits per heavy atom. The molecule has 1 N–H and O–H groups in total. The molecule has 1 aromatic heterocycles. The maximum Gasteiger partial charge on any atom is 0.417 e. The first kappa shape index (κ1) is 19.6. The number of amides is 1. The van der Waals surface area contributed by atoms with E-state index in [1.165, 1.54) is 13.8 Å². The average Bonchev–Trinajstić information content (AvgIpc) is 2.98. The Hall–Kier alpha value is -1.68. The average molecular weight is 380 g/mol. The van der Waals surface area contributed by atoms with Crippen LogP contribution in [-0.4, -0.2) is 42.5 Å². The van der Waals surface area contributed by atoms with Crippen LogP contribution in [0.4, 0.5) is 19.0 Å². The number of hydrogen-bond acceptors (Lipinski definition) is 5. The van der Waals surface area contributed by atoms with Gasteiger partial charge in [-0.15, -0.1) is 0 Å². The summed E-state index contributed by atoms with van der Waals surface area (Å²) in [4.78, 5) is 15.9. The van der Waals surface area contributed by atoms with Crippen molar-refractivity contribution in [1.29, 1.82) is 0 Å². The first-order chi connectivity index (χ1) is 11.4.